The van der Waals surface area contributed by atoms with Gasteiger partial charge in [-0.3, -0.25) is 9.88 Å². The molecule has 0 bridgehead atoms. The van der Waals surface area contributed by atoms with E-state index >= 15 is 0 Å². The zero-order valence-electron chi connectivity index (χ0n) is 16.7. The summed E-state index contributed by atoms with van der Waals surface area (Å²) in [6.07, 6.45) is 13.4. The molecule has 0 aliphatic carbocycles. The van der Waals surface area contributed by atoms with Gasteiger partial charge in [-0.05, 0) is 61.7 Å². The van der Waals surface area contributed by atoms with E-state index in [0.717, 1.165) is 27.9 Å². The lowest BCUT2D eigenvalue weighted by Crippen LogP contribution is -2.32. The molecule has 5 rings (SSSR count). The van der Waals surface area contributed by atoms with Crippen LogP contribution in [0.1, 0.15) is 37.8 Å². The summed E-state index contributed by atoms with van der Waals surface area (Å²) < 4.78 is 1.86. The van der Waals surface area contributed by atoms with Gasteiger partial charge in [0.2, 0.25) is 0 Å². The molecule has 1 aromatic carbocycles. The summed E-state index contributed by atoms with van der Waals surface area (Å²) in [5.41, 5.74) is 6.57. The number of hydrogen-bond acceptors (Lipinski definition) is 4. The first-order valence-electron chi connectivity index (χ1n) is 10.4. The smallest absolute Gasteiger partial charge is 0.162 e. The Morgan fingerprint density at radius 2 is 1.59 bits per heavy atom. The molecule has 3 aromatic heterocycles. The number of piperidine rings is 1. The van der Waals surface area contributed by atoms with Crippen LogP contribution in [0.5, 0.6) is 0 Å². The van der Waals surface area contributed by atoms with E-state index < -0.39 is 0 Å². The van der Waals surface area contributed by atoms with Gasteiger partial charge < -0.3 is 0 Å². The van der Waals surface area contributed by atoms with Crippen LogP contribution in [0.15, 0.2) is 67.4 Å². The van der Waals surface area contributed by atoms with Crippen LogP contribution in [-0.4, -0.2) is 37.6 Å². The largest absolute Gasteiger partial charge is 0.297 e. The van der Waals surface area contributed by atoms with E-state index in [1.807, 2.05) is 35.2 Å². The molecule has 0 spiro atoms. The average molecular weight is 383 g/mol. The maximum atomic E-state index is 4.70. The average Bonchev–Trinajstić information content (AvgIpc) is 3.23. The van der Waals surface area contributed by atoms with Crippen molar-refractivity contribution in [3.05, 3.63) is 72.9 Å². The Labute approximate surface area is 171 Å². The van der Waals surface area contributed by atoms with Crippen molar-refractivity contribution in [3.8, 4) is 22.3 Å². The highest BCUT2D eigenvalue weighted by Gasteiger charge is 2.18. The summed E-state index contributed by atoms with van der Waals surface area (Å²) in [5, 5.41) is 4.54. The van der Waals surface area contributed by atoms with Crippen molar-refractivity contribution in [2.75, 3.05) is 13.1 Å². The van der Waals surface area contributed by atoms with E-state index in [1.54, 1.807) is 12.4 Å². The first kappa shape index (κ1) is 18.0. The van der Waals surface area contributed by atoms with E-state index in [0.29, 0.717) is 6.04 Å². The van der Waals surface area contributed by atoms with Gasteiger partial charge in [0.25, 0.3) is 0 Å². The maximum absolute atomic E-state index is 4.70. The molecule has 146 valence electrons. The molecule has 1 unspecified atom stereocenters. The van der Waals surface area contributed by atoms with Crippen molar-refractivity contribution >= 4 is 5.65 Å². The van der Waals surface area contributed by atoms with Crippen molar-refractivity contribution in [1.82, 2.24) is 24.5 Å². The Kier molecular flexibility index (Phi) is 4.82. The number of pyridine rings is 1. The Bertz CT molecular complexity index is 1100. The summed E-state index contributed by atoms with van der Waals surface area (Å²) in [5.74, 6) is 0. The second-order valence-electron chi connectivity index (χ2n) is 7.80. The minimum Gasteiger partial charge on any atom is -0.297 e. The zero-order chi connectivity index (χ0) is 19.6. The van der Waals surface area contributed by atoms with Gasteiger partial charge in [0.1, 0.15) is 0 Å². The summed E-state index contributed by atoms with van der Waals surface area (Å²) in [4.78, 5) is 11.4. The third-order valence-corrected chi connectivity index (χ3v) is 6.01. The van der Waals surface area contributed by atoms with E-state index in [9.17, 15) is 0 Å². The molecule has 1 fully saturated rings. The Morgan fingerprint density at radius 3 is 2.34 bits per heavy atom. The van der Waals surface area contributed by atoms with E-state index in [2.05, 4.69) is 46.2 Å². The predicted molar refractivity (Wildman–Crippen MR) is 115 cm³/mol. The van der Waals surface area contributed by atoms with Gasteiger partial charge in [0.05, 0.1) is 6.20 Å². The zero-order valence-corrected chi connectivity index (χ0v) is 16.7. The van der Waals surface area contributed by atoms with Gasteiger partial charge in [-0.1, -0.05) is 30.7 Å². The highest BCUT2D eigenvalue weighted by molar-refractivity contribution is 5.78. The molecule has 29 heavy (non-hydrogen) atoms. The monoisotopic (exact) mass is 383 g/mol. The summed E-state index contributed by atoms with van der Waals surface area (Å²) in [6, 6.07) is 13.3. The third-order valence-electron chi connectivity index (χ3n) is 6.01. The van der Waals surface area contributed by atoms with Crippen LogP contribution in [0.3, 0.4) is 0 Å². The van der Waals surface area contributed by atoms with Crippen LogP contribution in [0, 0.1) is 0 Å². The molecule has 5 heteroatoms. The Balaban J connectivity index is 1.42. The molecule has 1 aliphatic heterocycles. The van der Waals surface area contributed by atoms with Crippen molar-refractivity contribution in [3.63, 3.8) is 0 Å². The molecule has 1 saturated heterocycles. The van der Waals surface area contributed by atoms with E-state index in [4.69, 9.17) is 4.98 Å². The van der Waals surface area contributed by atoms with E-state index in [1.165, 1.54) is 37.9 Å². The van der Waals surface area contributed by atoms with Gasteiger partial charge >= 0.3 is 0 Å². The van der Waals surface area contributed by atoms with Crippen molar-refractivity contribution < 1.29 is 0 Å². The molecule has 0 N–H and O–H groups in total. The molecule has 1 aliphatic rings. The molecule has 0 saturated carbocycles. The van der Waals surface area contributed by atoms with Crippen molar-refractivity contribution in [1.29, 1.82) is 0 Å². The molecular weight excluding hydrogens is 358 g/mol. The maximum Gasteiger partial charge on any atom is 0.162 e. The normalized spacial score (nSPS) is 16.2. The fourth-order valence-electron chi connectivity index (χ4n) is 4.23. The van der Waals surface area contributed by atoms with Crippen LogP contribution in [0.4, 0.5) is 0 Å². The quantitative estimate of drug-likeness (QED) is 0.497. The van der Waals surface area contributed by atoms with Crippen LogP contribution >= 0.6 is 0 Å². The topological polar surface area (TPSA) is 46.3 Å². The Hall–Kier alpha value is -3.05. The van der Waals surface area contributed by atoms with Gasteiger partial charge in [0.15, 0.2) is 5.65 Å². The number of benzene rings is 1. The minimum absolute atomic E-state index is 0.467. The summed E-state index contributed by atoms with van der Waals surface area (Å²) in [6.45, 7) is 4.74. The number of likely N-dealkylation sites (tertiary alicyclic amines) is 1. The van der Waals surface area contributed by atoms with Gasteiger partial charge in [-0.25, -0.2) is 9.50 Å². The second kappa shape index (κ2) is 7.76. The highest BCUT2D eigenvalue weighted by Crippen LogP contribution is 2.29. The molecule has 0 radical (unpaired) electrons. The third kappa shape index (κ3) is 3.54. The second-order valence-corrected chi connectivity index (χ2v) is 7.80. The van der Waals surface area contributed by atoms with Gasteiger partial charge in [-0.2, -0.15) is 5.10 Å². The first-order chi connectivity index (χ1) is 14.3. The lowest BCUT2D eigenvalue weighted by molar-refractivity contribution is 0.175. The number of nitrogens with zero attached hydrogens (tertiary/aromatic N) is 5. The molecule has 4 heterocycles. The highest BCUT2D eigenvalue weighted by atomic mass is 15.2. The van der Waals surface area contributed by atoms with E-state index in [-0.39, 0.29) is 0 Å². The number of hydrogen-bond donors (Lipinski definition) is 0. The number of fused-ring (bicyclic) bond motifs is 1. The lowest BCUT2D eigenvalue weighted by Gasteiger charge is -2.32. The summed E-state index contributed by atoms with van der Waals surface area (Å²) >= 11 is 0. The fraction of sp³-hybridized carbons (Fsp3) is 0.292. The molecular formula is C24H25N5. The molecule has 4 aromatic rings. The molecule has 0 amide bonds. The first-order valence-corrected chi connectivity index (χ1v) is 10.4. The lowest BCUT2D eigenvalue weighted by atomic mass is 10.0. The van der Waals surface area contributed by atoms with Crippen LogP contribution in [0.2, 0.25) is 0 Å². The fourth-order valence-corrected chi connectivity index (χ4v) is 4.23. The SMILES string of the molecule is CC(c1ccc(-c2cnn3cc(-c4ccncc4)cnc23)cc1)N1CCCCC1. The number of rotatable bonds is 4. The summed E-state index contributed by atoms with van der Waals surface area (Å²) in [7, 11) is 0. The van der Waals surface area contributed by atoms with Crippen LogP contribution < -0.4 is 0 Å². The Morgan fingerprint density at radius 1 is 0.828 bits per heavy atom. The molecule has 5 nitrogen and oxygen atoms in total. The van der Waals surface area contributed by atoms with Crippen LogP contribution in [0.25, 0.3) is 27.9 Å². The van der Waals surface area contributed by atoms with Crippen LogP contribution in [-0.2, 0) is 0 Å². The number of aromatic nitrogens is 4. The minimum atomic E-state index is 0.467. The standard InChI is InChI=1S/C24H25N5/c1-18(28-13-3-2-4-14-28)19-5-7-21(8-6-19)23-16-27-29-17-22(15-26-24(23)29)20-9-11-25-12-10-20/h5-12,15-18H,2-4,13-14H2,1H3. The van der Waals surface area contributed by atoms with Crippen molar-refractivity contribution in [2.45, 2.75) is 32.2 Å². The molecule has 1 atom stereocenters. The van der Waals surface area contributed by atoms with Crippen molar-refractivity contribution in [2.24, 2.45) is 0 Å². The van der Waals surface area contributed by atoms with Gasteiger partial charge in [-0.15, -0.1) is 0 Å². The van der Waals surface area contributed by atoms with Gasteiger partial charge in [0, 0.05) is 42.0 Å². The predicted octanol–water partition coefficient (Wildman–Crippen LogP) is 5.01.